The van der Waals surface area contributed by atoms with Crippen molar-refractivity contribution in [1.82, 2.24) is 0 Å². The fraction of sp³-hybridized carbons (Fsp3) is 0.286. The second kappa shape index (κ2) is 10.3. The summed E-state index contributed by atoms with van der Waals surface area (Å²) in [5.41, 5.74) is 3.24. The van der Waals surface area contributed by atoms with E-state index in [2.05, 4.69) is 5.32 Å². The van der Waals surface area contributed by atoms with Crippen LogP contribution >= 0.6 is 23.4 Å². The molecule has 0 aliphatic rings. The Hall–Kier alpha value is -2.31. The van der Waals surface area contributed by atoms with E-state index < -0.39 is 12.1 Å². The Labute approximate surface area is 173 Å². The Morgan fingerprint density at radius 1 is 1.04 bits per heavy atom. The van der Waals surface area contributed by atoms with Crippen LogP contribution in [0, 0.1) is 13.8 Å². The van der Waals surface area contributed by atoms with Gasteiger partial charge in [-0.2, -0.15) is 0 Å². The number of hydrogen-bond acceptors (Lipinski definition) is 5. The van der Waals surface area contributed by atoms with Crippen LogP contribution in [0.4, 0.5) is 5.69 Å². The third-order valence-electron chi connectivity index (χ3n) is 4.05. The molecular weight excluding hydrogens is 398 g/mol. The van der Waals surface area contributed by atoms with Crippen LogP contribution < -0.4 is 5.32 Å². The highest BCUT2D eigenvalue weighted by molar-refractivity contribution is 8.00. The van der Waals surface area contributed by atoms with E-state index in [1.54, 1.807) is 43.3 Å². The number of Topliss-reactive ketones (excluding diaryl/α,β-unsaturated/α-hetero) is 1. The van der Waals surface area contributed by atoms with Crippen molar-refractivity contribution in [3.05, 3.63) is 64.2 Å². The average Bonchev–Trinajstić information content (AvgIpc) is 2.65. The maximum Gasteiger partial charge on any atom is 0.316 e. The lowest BCUT2D eigenvalue weighted by Crippen LogP contribution is -2.26. The van der Waals surface area contributed by atoms with Gasteiger partial charge in [-0.15, -0.1) is 11.8 Å². The summed E-state index contributed by atoms with van der Waals surface area (Å²) in [6.07, 6.45) is -0.877. The Bertz CT molecular complexity index is 867. The zero-order chi connectivity index (χ0) is 20.7. The molecule has 0 saturated carbocycles. The van der Waals surface area contributed by atoms with Crippen LogP contribution in [0.25, 0.3) is 0 Å². The number of ether oxygens (including phenoxy) is 1. The van der Waals surface area contributed by atoms with Crippen LogP contribution in [0.2, 0.25) is 5.02 Å². The summed E-state index contributed by atoms with van der Waals surface area (Å²) in [6, 6.07) is 12.1. The normalized spacial score (nSPS) is 11.6. The number of esters is 1. The number of carbonyl (C=O) groups is 3. The summed E-state index contributed by atoms with van der Waals surface area (Å²) in [6.45, 7) is 5.44. The molecule has 7 heteroatoms. The zero-order valence-corrected chi connectivity index (χ0v) is 17.5. The number of carbonyl (C=O) groups excluding carboxylic acids is 3. The van der Waals surface area contributed by atoms with E-state index in [0.717, 1.165) is 22.9 Å². The van der Waals surface area contributed by atoms with Crippen LogP contribution in [0.1, 0.15) is 28.4 Å². The molecule has 0 saturated heterocycles. The minimum Gasteiger partial charge on any atom is -0.454 e. The van der Waals surface area contributed by atoms with Crippen molar-refractivity contribution in [2.75, 3.05) is 16.8 Å². The Morgan fingerprint density at radius 3 is 2.36 bits per heavy atom. The molecule has 1 amide bonds. The number of anilines is 1. The van der Waals surface area contributed by atoms with Gasteiger partial charge in [-0.05, 0) is 62.2 Å². The standard InChI is InChI=1S/C21H22ClNO4S/c1-13-4-5-16(10-14(13)2)21(26)15(3)27-20(25)12-28-11-19(24)23-18-8-6-17(22)7-9-18/h4-10,15H,11-12H2,1-3H3,(H,23,24)/t15-/m0/s1. The van der Waals surface area contributed by atoms with E-state index in [9.17, 15) is 14.4 Å². The summed E-state index contributed by atoms with van der Waals surface area (Å²) in [5.74, 6) is -0.939. The monoisotopic (exact) mass is 419 g/mol. The van der Waals surface area contributed by atoms with E-state index in [-0.39, 0.29) is 23.2 Å². The lowest BCUT2D eigenvalue weighted by molar-refractivity contribution is -0.143. The van der Waals surface area contributed by atoms with Gasteiger partial charge in [-0.3, -0.25) is 14.4 Å². The Kier molecular flexibility index (Phi) is 8.08. The first kappa shape index (κ1) is 22.0. The van der Waals surface area contributed by atoms with Gasteiger partial charge in [0, 0.05) is 16.3 Å². The van der Waals surface area contributed by atoms with Crippen molar-refractivity contribution in [3.63, 3.8) is 0 Å². The number of ketones is 1. The molecule has 1 atom stereocenters. The van der Waals surface area contributed by atoms with E-state index in [4.69, 9.17) is 16.3 Å². The van der Waals surface area contributed by atoms with Crippen LogP contribution in [0.15, 0.2) is 42.5 Å². The molecule has 0 aliphatic carbocycles. The molecule has 2 aromatic carbocycles. The van der Waals surface area contributed by atoms with Gasteiger partial charge >= 0.3 is 5.97 Å². The molecule has 0 fully saturated rings. The van der Waals surface area contributed by atoms with E-state index in [1.807, 2.05) is 19.9 Å². The number of halogens is 1. The molecule has 0 aliphatic heterocycles. The Balaban J connectivity index is 1.75. The number of amides is 1. The molecule has 28 heavy (non-hydrogen) atoms. The zero-order valence-electron chi connectivity index (χ0n) is 16.0. The first-order valence-corrected chi connectivity index (χ1v) is 10.2. The summed E-state index contributed by atoms with van der Waals surface area (Å²) in [7, 11) is 0. The maximum atomic E-state index is 12.4. The number of thioether (sulfide) groups is 1. The fourth-order valence-corrected chi connectivity index (χ4v) is 3.09. The van der Waals surface area contributed by atoms with Gasteiger partial charge in [-0.1, -0.05) is 23.7 Å². The molecule has 0 heterocycles. The maximum absolute atomic E-state index is 12.4. The van der Waals surface area contributed by atoms with Gasteiger partial charge in [0.1, 0.15) is 0 Å². The number of aryl methyl sites for hydroxylation is 2. The van der Waals surface area contributed by atoms with Gasteiger partial charge < -0.3 is 10.1 Å². The van der Waals surface area contributed by atoms with Gasteiger partial charge in [0.25, 0.3) is 0 Å². The fourth-order valence-electron chi connectivity index (χ4n) is 2.37. The molecule has 0 spiro atoms. The lowest BCUT2D eigenvalue weighted by atomic mass is 10.0. The summed E-state index contributed by atoms with van der Waals surface area (Å²) < 4.78 is 5.19. The van der Waals surface area contributed by atoms with Crippen molar-refractivity contribution in [3.8, 4) is 0 Å². The molecule has 0 unspecified atom stereocenters. The number of benzene rings is 2. The molecule has 5 nitrogen and oxygen atoms in total. The predicted molar refractivity (Wildman–Crippen MR) is 113 cm³/mol. The third-order valence-corrected chi connectivity index (χ3v) is 5.21. The minimum absolute atomic E-state index is 0.0153. The number of nitrogens with one attached hydrogen (secondary N) is 1. The van der Waals surface area contributed by atoms with Gasteiger partial charge in [0.05, 0.1) is 11.5 Å². The molecule has 1 N–H and O–H groups in total. The third kappa shape index (κ3) is 6.69. The van der Waals surface area contributed by atoms with Crippen LogP contribution in [-0.4, -0.2) is 35.3 Å². The summed E-state index contributed by atoms with van der Waals surface area (Å²) in [4.78, 5) is 36.2. The van der Waals surface area contributed by atoms with Crippen molar-refractivity contribution in [2.24, 2.45) is 0 Å². The Morgan fingerprint density at radius 2 is 1.71 bits per heavy atom. The van der Waals surface area contributed by atoms with E-state index in [1.165, 1.54) is 0 Å². The number of hydrogen-bond donors (Lipinski definition) is 1. The molecule has 0 aromatic heterocycles. The van der Waals surface area contributed by atoms with Crippen molar-refractivity contribution in [1.29, 1.82) is 0 Å². The molecular formula is C21H22ClNO4S. The predicted octanol–water partition coefficient (Wildman–Crippen LogP) is 4.44. The SMILES string of the molecule is Cc1ccc(C(=O)[C@H](C)OC(=O)CSCC(=O)Nc2ccc(Cl)cc2)cc1C. The van der Waals surface area contributed by atoms with Gasteiger partial charge in [0.15, 0.2) is 6.10 Å². The lowest BCUT2D eigenvalue weighted by Gasteiger charge is -2.13. The van der Waals surface area contributed by atoms with Crippen LogP contribution in [0.3, 0.4) is 0 Å². The molecule has 2 rings (SSSR count). The van der Waals surface area contributed by atoms with Crippen molar-refractivity contribution >= 4 is 46.7 Å². The second-order valence-corrected chi connectivity index (χ2v) is 7.77. The largest absolute Gasteiger partial charge is 0.454 e. The quantitative estimate of drug-likeness (QED) is 0.505. The van der Waals surface area contributed by atoms with Crippen LogP contribution in [0.5, 0.6) is 0 Å². The van der Waals surface area contributed by atoms with E-state index >= 15 is 0 Å². The first-order chi connectivity index (χ1) is 13.3. The topological polar surface area (TPSA) is 72.5 Å². The smallest absolute Gasteiger partial charge is 0.316 e. The summed E-state index contributed by atoms with van der Waals surface area (Å²) >= 11 is 6.91. The highest BCUT2D eigenvalue weighted by atomic mass is 35.5. The minimum atomic E-state index is -0.877. The summed E-state index contributed by atoms with van der Waals surface area (Å²) in [5, 5.41) is 3.29. The van der Waals surface area contributed by atoms with Crippen molar-refractivity contribution < 1.29 is 19.1 Å². The molecule has 2 aromatic rings. The van der Waals surface area contributed by atoms with Crippen LogP contribution in [-0.2, 0) is 14.3 Å². The molecule has 0 bridgehead atoms. The average molecular weight is 420 g/mol. The molecule has 148 valence electrons. The van der Waals surface area contributed by atoms with Gasteiger partial charge in [0.2, 0.25) is 11.7 Å². The second-order valence-electron chi connectivity index (χ2n) is 6.34. The number of rotatable bonds is 8. The van der Waals surface area contributed by atoms with E-state index in [0.29, 0.717) is 16.3 Å². The highest BCUT2D eigenvalue weighted by Gasteiger charge is 2.20. The molecule has 0 radical (unpaired) electrons. The first-order valence-electron chi connectivity index (χ1n) is 8.70. The highest BCUT2D eigenvalue weighted by Crippen LogP contribution is 2.15. The van der Waals surface area contributed by atoms with Crippen molar-refractivity contribution in [2.45, 2.75) is 26.9 Å². The van der Waals surface area contributed by atoms with Gasteiger partial charge in [-0.25, -0.2) is 0 Å².